The van der Waals surface area contributed by atoms with Crippen LogP contribution < -0.4 is 5.32 Å². The first-order valence-electron chi connectivity index (χ1n) is 8.24. The highest BCUT2D eigenvalue weighted by molar-refractivity contribution is 5.76. The van der Waals surface area contributed by atoms with Crippen LogP contribution in [-0.4, -0.2) is 36.5 Å². The molecule has 1 aromatic carbocycles. The van der Waals surface area contributed by atoms with Crippen LogP contribution in [0.15, 0.2) is 24.3 Å². The highest BCUT2D eigenvalue weighted by Gasteiger charge is 2.19. The standard InChI is InChI=1S/C18H28N2O/c1-3-11-20-12-9-17(10-13-20)19-18(21)8-7-16-6-4-5-15(2)14-16/h4-6,14,17H,3,7-13H2,1-2H3,(H,19,21). The summed E-state index contributed by atoms with van der Waals surface area (Å²) in [5.74, 6) is 0.199. The van der Waals surface area contributed by atoms with Crippen LogP contribution in [0.4, 0.5) is 0 Å². The van der Waals surface area contributed by atoms with E-state index in [9.17, 15) is 4.79 Å². The molecule has 1 N–H and O–H groups in total. The van der Waals surface area contributed by atoms with Gasteiger partial charge in [0.1, 0.15) is 0 Å². The van der Waals surface area contributed by atoms with E-state index in [1.165, 1.54) is 24.1 Å². The highest BCUT2D eigenvalue weighted by Crippen LogP contribution is 2.11. The van der Waals surface area contributed by atoms with Crippen LogP contribution >= 0.6 is 0 Å². The summed E-state index contributed by atoms with van der Waals surface area (Å²) in [6, 6.07) is 8.79. The van der Waals surface area contributed by atoms with Gasteiger partial charge >= 0.3 is 0 Å². The average Bonchev–Trinajstić information content (AvgIpc) is 2.48. The molecule has 3 nitrogen and oxygen atoms in total. The van der Waals surface area contributed by atoms with Gasteiger partial charge in [-0.05, 0) is 44.7 Å². The molecule has 0 saturated carbocycles. The van der Waals surface area contributed by atoms with Gasteiger partial charge in [0.2, 0.25) is 5.91 Å². The van der Waals surface area contributed by atoms with Crippen molar-refractivity contribution in [3.05, 3.63) is 35.4 Å². The molecule has 2 rings (SSSR count). The van der Waals surface area contributed by atoms with Crippen molar-refractivity contribution in [1.82, 2.24) is 10.2 Å². The smallest absolute Gasteiger partial charge is 0.220 e. The fourth-order valence-corrected chi connectivity index (χ4v) is 3.04. The Morgan fingerprint density at radius 2 is 2.10 bits per heavy atom. The van der Waals surface area contributed by atoms with E-state index in [1.54, 1.807) is 0 Å². The van der Waals surface area contributed by atoms with Crippen molar-refractivity contribution in [3.8, 4) is 0 Å². The van der Waals surface area contributed by atoms with Crippen molar-refractivity contribution in [2.75, 3.05) is 19.6 Å². The van der Waals surface area contributed by atoms with Crippen molar-refractivity contribution in [1.29, 1.82) is 0 Å². The van der Waals surface area contributed by atoms with Crippen molar-refractivity contribution < 1.29 is 4.79 Å². The molecule has 1 amide bonds. The Balaban J connectivity index is 1.68. The second-order valence-electron chi connectivity index (χ2n) is 6.17. The molecule has 1 fully saturated rings. The Kier molecular flexibility index (Phi) is 6.24. The molecule has 1 aliphatic rings. The molecule has 0 bridgehead atoms. The van der Waals surface area contributed by atoms with Gasteiger partial charge in [0.25, 0.3) is 0 Å². The van der Waals surface area contributed by atoms with E-state index in [4.69, 9.17) is 0 Å². The molecule has 0 radical (unpaired) electrons. The summed E-state index contributed by atoms with van der Waals surface area (Å²) in [7, 11) is 0. The highest BCUT2D eigenvalue weighted by atomic mass is 16.1. The second kappa shape index (κ2) is 8.18. The average molecular weight is 288 g/mol. The number of carbonyl (C=O) groups excluding carboxylic acids is 1. The van der Waals surface area contributed by atoms with Crippen molar-refractivity contribution in [2.45, 2.75) is 52.0 Å². The Hall–Kier alpha value is -1.35. The van der Waals surface area contributed by atoms with Crippen LogP contribution in [0.3, 0.4) is 0 Å². The third-order valence-corrected chi connectivity index (χ3v) is 4.22. The number of aryl methyl sites for hydroxylation is 2. The zero-order valence-electron chi connectivity index (χ0n) is 13.4. The normalized spacial score (nSPS) is 16.9. The minimum Gasteiger partial charge on any atom is -0.353 e. The number of rotatable bonds is 6. The largest absolute Gasteiger partial charge is 0.353 e. The van der Waals surface area contributed by atoms with Crippen molar-refractivity contribution in [3.63, 3.8) is 0 Å². The number of hydrogen-bond donors (Lipinski definition) is 1. The number of nitrogens with zero attached hydrogens (tertiary/aromatic N) is 1. The predicted molar refractivity (Wildman–Crippen MR) is 87.4 cm³/mol. The van der Waals surface area contributed by atoms with E-state index < -0.39 is 0 Å². The number of benzene rings is 1. The van der Waals surface area contributed by atoms with E-state index >= 15 is 0 Å². The van der Waals surface area contributed by atoms with Gasteiger partial charge in [-0.1, -0.05) is 36.8 Å². The van der Waals surface area contributed by atoms with Gasteiger partial charge in [0.05, 0.1) is 0 Å². The van der Waals surface area contributed by atoms with Gasteiger partial charge < -0.3 is 10.2 Å². The molecule has 1 saturated heterocycles. The zero-order valence-corrected chi connectivity index (χ0v) is 13.4. The number of carbonyl (C=O) groups is 1. The minimum atomic E-state index is 0.199. The second-order valence-corrected chi connectivity index (χ2v) is 6.17. The summed E-state index contributed by atoms with van der Waals surface area (Å²) >= 11 is 0. The maximum Gasteiger partial charge on any atom is 0.220 e. The Labute approximate surface area is 128 Å². The number of amides is 1. The lowest BCUT2D eigenvalue weighted by Gasteiger charge is -2.32. The monoisotopic (exact) mass is 288 g/mol. The maximum atomic E-state index is 12.1. The molecule has 0 spiro atoms. The van der Waals surface area contributed by atoms with Crippen LogP contribution in [-0.2, 0) is 11.2 Å². The lowest BCUT2D eigenvalue weighted by atomic mass is 10.0. The molecule has 21 heavy (non-hydrogen) atoms. The van der Waals surface area contributed by atoms with Crippen molar-refractivity contribution >= 4 is 5.91 Å². The summed E-state index contributed by atoms with van der Waals surface area (Å²) in [4.78, 5) is 14.5. The van der Waals surface area contributed by atoms with Crippen LogP contribution in [0.2, 0.25) is 0 Å². The SMILES string of the molecule is CCCN1CCC(NC(=O)CCc2cccc(C)c2)CC1. The molecule has 0 aliphatic carbocycles. The van der Waals surface area contributed by atoms with E-state index in [1.807, 2.05) is 0 Å². The molecule has 1 aliphatic heterocycles. The first-order valence-corrected chi connectivity index (χ1v) is 8.24. The molecule has 1 aromatic rings. The molecule has 116 valence electrons. The quantitative estimate of drug-likeness (QED) is 0.873. The molecule has 3 heteroatoms. The van der Waals surface area contributed by atoms with Crippen molar-refractivity contribution in [2.24, 2.45) is 0 Å². The summed E-state index contributed by atoms with van der Waals surface area (Å²) in [6.07, 6.45) is 4.83. The first kappa shape index (κ1) is 16.0. The topological polar surface area (TPSA) is 32.3 Å². The third kappa shape index (κ3) is 5.50. The minimum absolute atomic E-state index is 0.199. The van der Waals surface area contributed by atoms with Gasteiger partial charge in [-0.15, -0.1) is 0 Å². The Morgan fingerprint density at radius 3 is 2.76 bits per heavy atom. The van der Waals surface area contributed by atoms with E-state index in [0.29, 0.717) is 12.5 Å². The van der Waals surface area contributed by atoms with Gasteiger partial charge in [-0.25, -0.2) is 0 Å². The van der Waals surface area contributed by atoms with Crippen LogP contribution in [0.25, 0.3) is 0 Å². The summed E-state index contributed by atoms with van der Waals surface area (Å²) in [5.41, 5.74) is 2.51. The van der Waals surface area contributed by atoms with Gasteiger partial charge in [0, 0.05) is 25.6 Å². The predicted octanol–water partition coefficient (Wildman–Crippen LogP) is 2.92. The van der Waals surface area contributed by atoms with Crippen LogP contribution in [0.5, 0.6) is 0 Å². The number of likely N-dealkylation sites (tertiary alicyclic amines) is 1. The third-order valence-electron chi connectivity index (χ3n) is 4.22. The fraction of sp³-hybridized carbons (Fsp3) is 0.611. The van der Waals surface area contributed by atoms with E-state index in [2.05, 4.69) is 48.3 Å². The molecule has 1 heterocycles. The molecule has 0 aromatic heterocycles. The van der Waals surface area contributed by atoms with E-state index in [0.717, 1.165) is 32.4 Å². The number of piperidine rings is 1. The van der Waals surface area contributed by atoms with Gasteiger partial charge in [0.15, 0.2) is 0 Å². The molecule has 0 unspecified atom stereocenters. The first-order chi connectivity index (χ1) is 10.2. The fourth-order valence-electron chi connectivity index (χ4n) is 3.04. The summed E-state index contributed by atoms with van der Waals surface area (Å²) in [5, 5.41) is 3.20. The Bertz CT molecular complexity index is 450. The zero-order chi connectivity index (χ0) is 15.1. The van der Waals surface area contributed by atoms with Crippen LogP contribution in [0, 0.1) is 6.92 Å². The van der Waals surface area contributed by atoms with Gasteiger partial charge in [-0.2, -0.15) is 0 Å². The number of hydrogen-bond acceptors (Lipinski definition) is 2. The Morgan fingerprint density at radius 1 is 1.33 bits per heavy atom. The number of nitrogens with one attached hydrogen (secondary N) is 1. The summed E-state index contributed by atoms with van der Waals surface area (Å²) in [6.45, 7) is 7.74. The van der Waals surface area contributed by atoms with Gasteiger partial charge in [-0.3, -0.25) is 4.79 Å². The van der Waals surface area contributed by atoms with E-state index in [-0.39, 0.29) is 5.91 Å². The lowest BCUT2D eigenvalue weighted by Crippen LogP contribution is -2.44. The maximum absolute atomic E-state index is 12.1. The van der Waals surface area contributed by atoms with Crippen LogP contribution in [0.1, 0.15) is 43.7 Å². The molecular formula is C18H28N2O. The molecule has 0 atom stereocenters. The molecular weight excluding hydrogens is 260 g/mol. The lowest BCUT2D eigenvalue weighted by molar-refractivity contribution is -0.122. The summed E-state index contributed by atoms with van der Waals surface area (Å²) < 4.78 is 0.